The summed E-state index contributed by atoms with van der Waals surface area (Å²) in [5, 5.41) is 13.3. The van der Waals surface area contributed by atoms with Crippen LogP contribution in [0.25, 0.3) is 22.5 Å². The lowest BCUT2D eigenvalue weighted by atomic mass is 10.0. The summed E-state index contributed by atoms with van der Waals surface area (Å²) in [4.78, 5) is 10.3. The van der Waals surface area contributed by atoms with Crippen LogP contribution in [-0.4, -0.2) is 17.4 Å². The molecule has 2 N–H and O–H groups in total. The molecule has 1 aliphatic heterocycles. The number of hydrogen-bond acceptors (Lipinski definition) is 7. The number of hydrogen-bond donors (Lipinski definition) is 2. The van der Waals surface area contributed by atoms with Crippen LogP contribution >= 0.6 is 0 Å². The van der Waals surface area contributed by atoms with Gasteiger partial charge in [0, 0.05) is 16.8 Å². The fraction of sp³-hybridized carbons (Fsp3) is 0.0625. The van der Waals surface area contributed by atoms with Gasteiger partial charge in [0.15, 0.2) is 11.5 Å². The van der Waals surface area contributed by atoms with Crippen LogP contribution in [0.3, 0.4) is 0 Å². The summed E-state index contributed by atoms with van der Waals surface area (Å²) in [7, 11) is 1.54. The number of aromatic nitrogens is 1. The first-order valence-electron chi connectivity index (χ1n) is 6.81. The van der Waals surface area contributed by atoms with Gasteiger partial charge in [0.05, 0.1) is 13.3 Å². The summed E-state index contributed by atoms with van der Waals surface area (Å²) >= 11 is 0. The average Bonchev–Trinajstić information content (AvgIpc) is 3.23. The minimum atomic E-state index is 0.197. The first-order chi connectivity index (χ1) is 11.3. The van der Waals surface area contributed by atoms with Crippen molar-refractivity contribution in [2.45, 2.75) is 0 Å². The van der Waals surface area contributed by atoms with E-state index in [0.29, 0.717) is 23.0 Å². The van der Waals surface area contributed by atoms with E-state index in [0.717, 1.165) is 16.7 Å². The number of aromatic hydroxyl groups is 1. The van der Waals surface area contributed by atoms with Gasteiger partial charge in [-0.1, -0.05) is 17.3 Å². The number of fused-ring (bicyclic) bond motifs is 1. The Morgan fingerprint density at radius 3 is 2.70 bits per heavy atom. The van der Waals surface area contributed by atoms with Gasteiger partial charge >= 0.3 is 0 Å². The maximum absolute atomic E-state index is 9.42. The Balaban J connectivity index is 1.83. The quantitative estimate of drug-likeness (QED) is 0.769. The minimum absolute atomic E-state index is 0.197. The molecule has 0 unspecified atom stereocenters. The lowest BCUT2D eigenvalue weighted by Gasteiger charge is -2.07. The largest absolute Gasteiger partial charge is 0.508 e. The molecule has 23 heavy (non-hydrogen) atoms. The van der Waals surface area contributed by atoms with Crippen molar-refractivity contribution in [3.63, 3.8) is 0 Å². The Hall–Kier alpha value is -3.19. The van der Waals surface area contributed by atoms with Gasteiger partial charge < -0.3 is 24.0 Å². The molecule has 1 aromatic heterocycles. The molecule has 3 aromatic rings. The topological polar surface area (TPSA) is 86.0 Å². The Kier molecular flexibility index (Phi) is 3.06. The van der Waals surface area contributed by atoms with E-state index in [1.807, 2.05) is 0 Å². The number of benzene rings is 2. The van der Waals surface area contributed by atoms with E-state index in [4.69, 9.17) is 18.9 Å². The van der Waals surface area contributed by atoms with Crippen molar-refractivity contribution in [3.8, 4) is 45.4 Å². The van der Waals surface area contributed by atoms with E-state index < -0.39 is 0 Å². The van der Waals surface area contributed by atoms with Crippen LogP contribution in [0, 0.1) is 0 Å². The van der Waals surface area contributed by atoms with E-state index in [1.54, 1.807) is 49.7 Å². The van der Waals surface area contributed by atoms with E-state index in [2.05, 4.69) is 10.8 Å². The molecule has 2 heterocycles. The second-order valence-corrected chi connectivity index (χ2v) is 4.91. The van der Waals surface area contributed by atoms with Gasteiger partial charge in [-0.25, -0.2) is 0 Å². The standard InChI is InChI=1S/C16H12N2O5/c1-20-13-6-10(7-14-16(13)23-18-21-14)15-12(8-17-22-15)9-2-4-11(19)5-3-9/h2-8,18-19H,1H3. The fourth-order valence-electron chi connectivity index (χ4n) is 2.44. The van der Waals surface area contributed by atoms with Gasteiger partial charge in [-0.3, -0.25) is 0 Å². The lowest BCUT2D eigenvalue weighted by molar-refractivity contribution is 0.0248. The third-order valence-corrected chi connectivity index (χ3v) is 3.55. The highest BCUT2D eigenvalue weighted by atomic mass is 16.9. The van der Waals surface area contributed by atoms with Gasteiger partial charge in [0.2, 0.25) is 11.5 Å². The third kappa shape index (κ3) is 2.23. The third-order valence-electron chi connectivity index (χ3n) is 3.55. The molecule has 0 aliphatic carbocycles. The van der Waals surface area contributed by atoms with Crippen LogP contribution in [0.1, 0.15) is 0 Å². The molecule has 116 valence electrons. The predicted octanol–water partition coefficient (Wildman–Crippen LogP) is 2.91. The molecule has 0 saturated carbocycles. The van der Waals surface area contributed by atoms with Crippen molar-refractivity contribution in [3.05, 3.63) is 42.6 Å². The van der Waals surface area contributed by atoms with Gasteiger partial charge in [0.25, 0.3) is 0 Å². The molecule has 0 radical (unpaired) electrons. The maximum atomic E-state index is 9.42. The van der Waals surface area contributed by atoms with Crippen molar-refractivity contribution in [2.24, 2.45) is 0 Å². The summed E-state index contributed by atoms with van der Waals surface area (Å²) in [5.41, 5.74) is 4.72. The molecule has 0 fully saturated rings. The van der Waals surface area contributed by atoms with Gasteiger partial charge in [-0.2, -0.15) is 0 Å². The van der Waals surface area contributed by atoms with Crippen molar-refractivity contribution in [1.82, 2.24) is 10.8 Å². The summed E-state index contributed by atoms with van der Waals surface area (Å²) < 4.78 is 10.7. The van der Waals surface area contributed by atoms with E-state index in [9.17, 15) is 5.11 Å². The van der Waals surface area contributed by atoms with Gasteiger partial charge in [-0.05, 0) is 29.8 Å². The molecule has 1 aliphatic rings. The Morgan fingerprint density at radius 1 is 1.09 bits per heavy atom. The van der Waals surface area contributed by atoms with Crippen molar-refractivity contribution in [1.29, 1.82) is 0 Å². The molecule has 0 amide bonds. The molecule has 2 aromatic carbocycles. The van der Waals surface area contributed by atoms with Crippen molar-refractivity contribution in [2.75, 3.05) is 7.11 Å². The summed E-state index contributed by atoms with van der Waals surface area (Å²) in [5.74, 6) is 2.24. The van der Waals surface area contributed by atoms with Crippen LogP contribution in [0.4, 0.5) is 0 Å². The number of methoxy groups -OCH3 is 1. The Bertz CT molecular complexity index is 857. The zero-order chi connectivity index (χ0) is 15.8. The summed E-state index contributed by atoms with van der Waals surface area (Å²) in [6.07, 6.45) is 1.62. The maximum Gasteiger partial charge on any atom is 0.237 e. The molecule has 0 saturated heterocycles. The normalized spacial score (nSPS) is 12.4. The number of rotatable bonds is 3. The van der Waals surface area contributed by atoms with Crippen molar-refractivity contribution >= 4 is 0 Å². The highest BCUT2D eigenvalue weighted by molar-refractivity contribution is 5.81. The molecular formula is C16H12N2O5. The number of phenols is 1. The van der Waals surface area contributed by atoms with Crippen LogP contribution in [0.5, 0.6) is 23.0 Å². The molecule has 0 atom stereocenters. The molecule has 7 nitrogen and oxygen atoms in total. The van der Waals surface area contributed by atoms with Crippen LogP contribution in [0.15, 0.2) is 47.1 Å². The van der Waals surface area contributed by atoms with Crippen LogP contribution in [0.2, 0.25) is 0 Å². The SMILES string of the molecule is COc1cc(-c2oncc2-c2ccc(O)cc2)cc2c1ONO2. The summed E-state index contributed by atoms with van der Waals surface area (Å²) in [6, 6.07) is 10.3. The van der Waals surface area contributed by atoms with Gasteiger partial charge in [0.1, 0.15) is 5.75 Å². The molecule has 0 spiro atoms. The van der Waals surface area contributed by atoms with Crippen molar-refractivity contribution < 1.29 is 24.0 Å². The zero-order valence-corrected chi connectivity index (χ0v) is 12.1. The Morgan fingerprint density at radius 2 is 1.91 bits per heavy atom. The molecular weight excluding hydrogens is 300 g/mol. The zero-order valence-electron chi connectivity index (χ0n) is 12.1. The first-order valence-corrected chi connectivity index (χ1v) is 6.81. The minimum Gasteiger partial charge on any atom is -0.508 e. The molecule has 0 bridgehead atoms. The highest BCUT2D eigenvalue weighted by Crippen LogP contribution is 2.44. The average molecular weight is 312 g/mol. The fourth-order valence-corrected chi connectivity index (χ4v) is 2.44. The predicted molar refractivity (Wildman–Crippen MR) is 80.0 cm³/mol. The molecule has 4 rings (SSSR count). The number of phenolic OH excluding ortho intramolecular Hbond substituents is 1. The number of nitrogens with zero attached hydrogens (tertiary/aromatic N) is 1. The highest BCUT2D eigenvalue weighted by Gasteiger charge is 2.24. The van der Waals surface area contributed by atoms with Crippen LogP contribution < -0.4 is 20.1 Å². The van der Waals surface area contributed by atoms with E-state index in [-0.39, 0.29) is 5.75 Å². The second kappa shape index (κ2) is 5.22. The lowest BCUT2D eigenvalue weighted by Crippen LogP contribution is -2.14. The van der Waals surface area contributed by atoms with E-state index >= 15 is 0 Å². The number of nitrogens with one attached hydrogen (secondary N) is 1. The van der Waals surface area contributed by atoms with Crippen LogP contribution in [-0.2, 0) is 0 Å². The Labute approximate surface area is 130 Å². The monoisotopic (exact) mass is 312 g/mol. The summed E-state index contributed by atoms with van der Waals surface area (Å²) in [6.45, 7) is 0. The number of ether oxygens (including phenoxy) is 1. The molecule has 7 heteroatoms. The smallest absolute Gasteiger partial charge is 0.237 e. The van der Waals surface area contributed by atoms with E-state index in [1.165, 1.54) is 0 Å². The van der Waals surface area contributed by atoms with Gasteiger partial charge in [-0.15, -0.1) is 0 Å². The second-order valence-electron chi connectivity index (χ2n) is 4.91. The first kappa shape index (κ1) is 13.5.